The first-order valence-corrected chi connectivity index (χ1v) is 8.84. The molecule has 3 rings (SSSR count). The van der Waals surface area contributed by atoms with Crippen LogP contribution in [0.2, 0.25) is 0 Å². The van der Waals surface area contributed by atoms with Gasteiger partial charge >= 0.3 is 0 Å². The Bertz CT molecular complexity index is 908. The molecule has 24 heavy (non-hydrogen) atoms. The summed E-state index contributed by atoms with van der Waals surface area (Å²) in [5, 5.41) is 17.0. The topological polar surface area (TPSA) is 75.0 Å². The smallest absolute Gasteiger partial charge is 0.256 e. The van der Waals surface area contributed by atoms with E-state index in [0.717, 1.165) is 10.7 Å². The van der Waals surface area contributed by atoms with Crippen molar-refractivity contribution in [2.24, 2.45) is 0 Å². The number of carbonyl (C=O) groups excluding carboxylic acids is 1. The monoisotopic (exact) mass is 355 g/mol. The molecule has 0 aliphatic carbocycles. The van der Waals surface area contributed by atoms with Crippen LogP contribution in [-0.2, 0) is 6.61 Å². The fourth-order valence-corrected chi connectivity index (χ4v) is 3.36. The largest absolute Gasteiger partial charge is 0.487 e. The Morgan fingerprint density at radius 1 is 1.38 bits per heavy atom. The number of ether oxygens (including phenoxy) is 1. The Balaban J connectivity index is 1.68. The van der Waals surface area contributed by atoms with Crippen LogP contribution in [0.25, 0.3) is 0 Å². The normalized spacial score (nSPS) is 10.2. The van der Waals surface area contributed by atoms with Crippen molar-refractivity contribution in [2.45, 2.75) is 13.5 Å². The summed E-state index contributed by atoms with van der Waals surface area (Å²) < 4.78 is 5.69. The van der Waals surface area contributed by atoms with Gasteiger partial charge in [0.05, 0.1) is 16.3 Å². The molecule has 3 aromatic rings. The second-order valence-corrected chi connectivity index (χ2v) is 6.88. The number of nitriles is 1. The summed E-state index contributed by atoms with van der Waals surface area (Å²) in [4.78, 5) is 16.7. The third-order valence-corrected chi connectivity index (χ3v) is 4.81. The SMILES string of the molecule is Cc1nc(COc2cccc(C(=O)Nc3sccc3C#N)c2)cs1. The van der Waals surface area contributed by atoms with Gasteiger partial charge in [0, 0.05) is 10.9 Å². The van der Waals surface area contributed by atoms with Crippen molar-refractivity contribution in [3.63, 3.8) is 0 Å². The van der Waals surface area contributed by atoms with Gasteiger partial charge in [0.25, 0.3) is 5.91 Å². The van der Waals surface area contributed by atoms with Gasteiger partial charge in [-0.3, -0.25) is 4.79 Å². The number of thiazole rings is 1. The van der Waals surface area contributed by atoms with Crippen LogP contribution in [-0.4, -0.2) is 10.9 Å². The van der Waals surface area contributed by atoms with Crippen molar-refractivity contribution in [3.8, 4) is 11.8 Å². The number of nitrogens with zero attached hydrogens (tertiary/aromatic N) is 2. The Morgan fingerprint density at radius 3 is 3.00 bits per heavy atom. The van der Waals surface area contributed by atoms with E-state index in [4.69, 9.17) is 10.00 Å². The van der Waals surface area contributed by atoms with Gasteiger partial charge in [-0.15, -0.1) is 22.7 Å². The number of thiophene rings is 1. The van der Waals surface area contributed by atoms with E-state index in [-0.39, 0.29) is 5.91 Å². The van der Waals surface area contributed by atoms with Gasteiger partial charge in [-0.05, 0) is 36.6 Å². The Morgan fingerprint density at radius 2 is 2.25 bits per heavy atom. The van der Waals surface area contributed by atoms with Crippen molar-refractivity contribution in [1.29, 1.82) is 5.26 Å². The lowest BCUT2D eigenvalue weighted by atomic mass is 10.2. The molecule has 1 aromatic carbocycles. The van der Waals surface area contributed by atoms with Crippen LogP contribution >= 0.6 is 22.7 Å². The van der Waals surface area contributed by atoms with E-state index in [2.05, 4.69) is 10.3 Å². The molecule has 5 nitrogen and oxygen atoms in total. The van der Waals surface area contributed by atoms with Crippen molar-refractivity contribution in [1.82, 2.24) is 4.98 Å². The van der Waals surface area contributed by atoms with Crippen LogP contribution in [0.4, 0.5) is 5.00 Å². The summed E-state index contributed by atoms with van der Waals surface area (Å²) in [6.45, 7) is 2.30. The minimum atomic E-state index is -0.274. The second kappa shape index (κ2) is 7.25. The zero-order chi connectivity index (χ0) is 16.9. The average Bonchev–Trinajstić information content (AvgIpc) is 3.21. The molecule has 0 atom stereocenters. The molecule has 0 spiro atoms. The van der Waals surface area contributed by atoms with Gasteiger partial charge in [0.1, 0.15) is 23.4 Å². The summed E-state index contributed by atoms with van der Waals surface area (Å²) in [5.41, 5.74) is 1.79. The van der Waals surface area contributed by atoms with E-state index in [1.165, 1.54) is 11.3 Å². The lowest BCUT2D eigenvalue weighted by Gasteiger charge is -2.07. The van der Waals surface area contributed by atoms with Crippen LogP contribution < -0.4 is 10.1 Å². The highest BCUT2D eigenvalue weighted by Gasteiger charge is 2.11. The quantitative estimate of drug-likeness (QED) is 0.744. The minimum absolute atomic E-state index is 0.274. The Labute approximate surface area is 147 Å². The summed E-state index contributed by atoms with van der Waals surface area (Å²) in [7, 11) is 0. The lowest BCUT2D eigenvalue weighted by molar-refractivity contribution is 0.102. The third kappa shape index (κ3) is 3.79. The van der Waals surface area contributed by atoms with Gasteiger partial charge in [-0.2, -0.15) is 5.26 Å². The molecule has 0 radical (unpaired) electrons. The average molecular weight is 355 g/mol. The molecule has 1 amide bonds. The lowest BCUT2D eigenvalue weighted by Crippen LogP contribution is -2.11. The summed E-state index contributed by atoms with van der Waals surface area (Å²) in [6, 6.07) is 10.7. The van der Waals surface area contributed by atoms with Crippen LogP contribution in [0.1, 0.15) is 26.6 Å². The number of benzene rings is 1. The number of nitrogens with one attached hydrogen (secondary N) is 1. The highest BCUT2D eigenvalue weighted by molar-refractivity contribution is 7.14. The van der Waals surface area contributed by atoms with Crippen molar-refractivity contribution >= 4 is 33.6 Å². The predicted octanol–water partition coefficient (Wildman–Crippen LogP) is 4.22. The highest BCUT2D eigenvalue weighted by atomic mass is 32.1. The first-order chi connectivity index (χ1) is 11.7. The first kappa shape index (κ1) is 16.2. The molecule has 0 saturated heterocycles. The molecule has 0 bridgehead atoms. The van der Waals surface area contributed by atoms with E-state index < -0.39 is 0 Å². The number of hydrogen-bond donors (Lipinski definition) is 1. The number of aromatic nitrogens is 1. The maximum Gasteiger partial charge on any atom is 0.256 e. The molecule has 7 heteroatoms. The van der Waals surface area contributed by atoms with Gasteiger partial charge < -0.3 is 10.1 Å². The molecule has 0 unspecified atom stereocenters. The molecule has 120 valence electrons. The molecule has 0 aliphatic rings. The summed E-state index contributed by atoms with van der Waals surface area (Å²) >= 11 is 2.89. The maximum atomic E-state index is 12.3. The van der Waals surface area contributed by atoms with Gasteiger partial charge in [0.15, 0.2) is 0 Å². The van der Waals surface area contributed by atoms with Gasteiger partial charge in [0.2, 0.25) is 0 Å². The highest BCUT2D eigenvalue weighted by Crippen LogP contribution is 2.23. The molecule has 2 heterocycles. The first-order valence-electron chi connectivity index (χ1n) is 7.08. The Kier molecular flexibility index (Phi) is 4.89. The van der Waals surface area contributed by atoms with Crippen molar-refractivity contribution < 1.29 is 9.53 Å². The fourth-order valence-electron chi connectivity index (χ4n) is 2.03. The molecular weight excluding hydrogens is 342 g/mol. The third-order valence-electron chi connectivity index (χ3n) is 3.16. The van der Waals surface area contributed by atoms with E-state index in [1.807, 2.05) is 18.4 Å². The molecular formula is C17H13N3O2S2. The van der Waals surface area contributed by atoms with Crippen LogP contribution in [0.15, 0.2) is 41.1 Å². The van der Waals surface area contributed by atoms with Crippen molar-refractivity contribution in [2.75, 3.05) is 5.32 Å². The summed E-state index contributed by atoms with van der Waals surface area (Å²) in [5.74, 6) is 0.323. The molecule has 2 aromatic heterocycles. The summed E-state index contributed by atoms with van der Waals surface area (Å²) in [6.07, 6.45) is 0. The predicted molar refractivity (Wildman–Crippen MR) is 94.6 cm³/mol. The van der Waals surface area contributed by atoms with E-state index in [1.54, 1.807) is 47.0 Å². The van der Waals surface area contributed by atoms with Gasteiger partial charge in [-0.25, -0.2) is 4.98 Å². The minimum Gasteiger partial charge on any atom is -0.487 e. The van der Waals surface area contributed by atoms with Crippen molar-refractivity contribution in [3.05, 3.63) is 62.9 Å². The van der Waals surface area contributed by atoms with Crippen LogP contribution in [0, 0.1) is 18.3 Å². The zero-order valence-corrected chi connectivity index (χ0v) is 14.4. The van der Waals surface area contributed by atoms with Crippen LogP contribution in [0.5, 0.6) is 5.75 Å². The fraction of sp³-hybridized carbons (Fsp3) is 0.118. The second-order valence-electron chi connectivity index (χ2n) is 4.90. The molecule has 1 N–H and O–H groups in total. The zero-order valence-electron chi connectivity index (χ0n) is 12.8. The van der Waals surface area contributed by atoms with E-state index in [9.17, 15) is 4.79 Å². The van der Waals surface area contributed by atoms with Gasteiger partial charge in [-0.1, -0.05) is 6.07 Å². The van der Waals surface area contributed by atoms with Crippen LogP contribution in [0.3, 0.4) is 0 Å². The molecule has 0 fully saturated rings. The van der Waals surface area contributed by atoms with E-state index >= 15 is 0 Å². The maximum absolute atomic E-state index is 12.3. The number of rotatable bonds is 5. The molecule has 0 saturated carbocycles. The number of aryl methyl sites for hydroxylation is 1. The number of carbonyl (C=O) groups is 1. The molecule has 0 aliphatic heterocycles. The number of anilines is 1. The van der Waals surface area contributed by atoms with E-state index in [0.29, 0.717) is 28.5 Å². The Hall–Kier alpha value is -2.69. The number of amides is 1. The standard InChI is InChI=1S/C17H13N3O2S2/c1-11-19-14(10-24-11)9-22-15-4-2-3-12(7-15)16(21)20-17-13(8-18)5-6-23-17/h2-7,10H,9H2,1H3,(H,20,21). The number of hydrogen-bond acceptors (Lipinski definition) is 6.